The molecule has 1 aliphatic rings. The molecule has 2 rings (SSSR count). The lowest BCUT2D eigenvalue weighted by Gasteiger charge is -2.30. The zero-order valence-corrected chi connectivity index (χ0v) is 15.8. The number of nitrogens with zero attached hydrogens (tertiary/aromatic N) is 1. The Morgan fingerprint density at radius 3 is 2.79 bits per heavy atom. The van der Waals surface area contributed by atoms with Crippen LogP contribution in [0.5, 0.6) is 0 Å². The van der Waals surface area contributed by atoms with Crippen LogP contribution in [0.3, 0.4) is 0 Å². The fraction of sp³-hybridized carbons (Fsp3) is 0.571. The van der Waals surface area contributed by atoms with Crippen LogP contribution in [0.4, 0.5) is 0 Å². The van der Waals surface area contributed by atoms with E-state index in [2.05, 4.69) is 27.3 Å². The first-order valence-corrected chi connectivity index (χ1v) is 8.87. The zero-order valence-electron chi connectivity index (χ0n) is 13.4. The summed E-state index contributed by atoms with van der Waals surface area (Å²) in [6, 6.07) is 3.12. The molecule has 1 aromatic rings. The van der Waals surface area contributed by atoms with E-state index in [-0.39, 0.29) is 54.6 Å². The van der Waals surface area contributed by atoms with Crippen LogP contribution in [0.15, 0.2) is 29.4 Å². The van der Waals surface area contributed by atoms with Crippen molar-refractivity contribution >= 4 is 40.7 Å². The van der Waals surface area contributed by atoms with Gasteiger partial charge in [-0.3, -0.25) is 9.78 Å². The molecule has 7 nitrogen and oxygen atoms in total. The predicted octanol–water partition coefficient (Wildman–Crippen LogP) is 0.708. The van der Waals surface area contributed by atoms with E-state index in [1.807, 2.05) is 0 Å². The summed E-state index contributed by atoms with van der Waals surface area (Å²) in [5, 5.41) is 6.19. The Bertz CT molecular complexity index is 601. The smallest absolute Gasteiger partial charge is 0.242 e. The number of hydrogen-bond donors (Lipinski definition) is 3. The normalized spacial score (nSPS) is 20.4. The molecule has 0 saturated carbocycles. The van der Waals surface area contributed by atoms with Gasteiger partial charge in [0.25, 0.3) is 0 Å². The summed E-state index contributed by atoms with van der Waals surface area (Å²) in [6.07, 6.45) is 3.92. The van der Waals surface area contributed by atoms with Gasteiger partial charge in [0.15, 0.2) is 0 Å². The average molecular weight is 399 g/mol. The second kappa shape index (κ2) is 10.8. The average Bonchev–Trinajstić information content (AvgIpc) is 2.50. The number of nitrogens with one attached hydrogen (secondary N) is 3. The van der Waals surface area contributed by atoms with E-state index in [1.54, 1.807) is 6.07 Å². The molecule has 1 aromatic heterocycles. The maximum absolute atomic E-state index is 12.0. The van der Waals surface area contributed by atoms with Crippen molar-refractivity contribution in [2.24, 2.45) is 5.92 Å². The first kappa shape index (κ1) is 23.1. The van der Waals surface area contributed by atoms with Crippen LogP contribution in [0.2, 0.25) is 0 Å². The lowest BCUT2D eigenvalue weighted by Crippen LogP contribution is -2.50. The van der Waals surface area contributed by atoms with Crippen LogP contribution in [0, 0.1) is 5.92 Å². The highest BCUT2D eigenvalue weighted by Crippen LogP contribution is 2.11. The standard InChI is InChI=1S/C14H22N4O3S.2ClH/c1-11-4-7-16-10-13(11)18-14(19)5-8-17-22(20,21)12-3-2-6-15-9-12;;/h2-3,6,9,11,13,16-17H,4-5,7-8,10H2,1H3,(H,18,19);2*1H. The zero-order chi connectivity index (χ0) is 16.0. The number of carbonyl (C=O) groups excluding carboxylic acids is 1. The van der Waals surface area contributed by atoms with Gasteiger partial charge in [0.2, 0.25) is 15.9 Å². The Hall–Kier alpha value is -0.930. The van der Waals surface area contributed by atoms with E-state index in [0.717, 1.165) is 19.5 Å². The number of piperidine rings is 1. The van der Waals surface area contributed by atoms with Crippen molar-refractivity contribution < 1.29 is 13.2 Å². The van der Waals surface area contributed by atoms with Crippen LogP contribution in [-0.2, 0) is 14.8 Å². The van der Waals surface area contributed by atoms with Gasteiger partial charge in [0.05, 0.1) is 0 Å². The molecule has 1 aliphatic heterocycles. The Labute approximate surface area is 155 Å². The molecule has 2 unspecified atom stereocenters. The number of amides is 1. The van der Waals surface area contributed by atoms with E-state index < -0.39 is 10.0 Å². The highest BCUT2D eigenvalue weighted by atomic mass is 35.5. The summed E-state index contributed by atoms with van der Waals surface area (Å²) < 4.78 is 26.3. The van der Waals surface area contributed by atoms with Gasteiger partial charge >= 0.3 is 0 Å². The van der Waals surface area contributed by atoms with Gasteiger partial charge in [0, 0.05) is 37.9 Å². The van der Waals surface area contributed by atoms with Gasteiger partial charge in [-0.2, -0.15) is 0 Å². The van der Waals surface area contributed by atoms with Crippen molar-refractivity contribution in [2.45, 2.75) is 30.7 Å². The molecular formula is C14H24Cl2N4O3S. The van der Waals surface area contributed by atoms with Crippen molar-refractivity contribution in [3.63, 3.8) is 0 Å². The Morgan fingerprint density at radius 2 is 2.17 bits per heavy atom. The van der Waals surface area contributed by atoms with Crippen LogP contribution >= 0.6 is 24.8 Å². The molecule has 3 N–H and O–H groups in total. The molecule has 0 aromatic carbocycles. The van der Waals surface area contributed by atoms with Crippen molar-refractivity contribution in [3.8, 4) is 0 Å². The molecule has 0 spiro atoms. The third kappa shape index (κ3) is 6.90. The summed E-state index contributed by atoms with van der Waals surface area (Å²) in [5.41, 5.74) is 0. The number of sulfonamides is 1. The lowest BCUT2D eigenvalue weighted by atomic mass is 9.95. The van der Waals surface area contributed by atoms with Gasteiger partial charge in [-0.25, -0.2) is 13.1 Å². The van der Waals surface area contributed by atoms with Gasteiger partial charge in [-0.1, -0.05) is 6.92 Å². The molecule has 1 saturated heterocycles. The van der Waals surface area contributed by atoms with Gasteiger partial charge in [-0.05, 0) is 31.0 Å². The number of hydrogen-bond acceptors (Lipinski definition) is 5. The molecule has 1 fully saturated rings. The molecule has 0 bridgehead atoms. The van der Waals surface area contributed by atoms with E-state index in [9.17, 15) is 13.2 Å². The minimum absolute atomic E-state index is 0. The minimum atomic E-state index is -3.60. The second-order valence-corrected chi connectivity index (χ2v) is 7.25. The molecule has 0 aliphatic carbocycles. The Kier molecular flexibility index (Phi) is 10.4. The molecular weight excluding hydrogens is 375 g/mol. The third-order valence-corrected chi connectivity index (χ3v) is 5.21. The van der Waals surface area contributed by atoms with Crippen LogP contribution in [0.25, 0.3) is 0 Å². The summed E-state index contributed by atoms with van der Waals surface area (Å²) in [6.45, 7) is 3.90. The molecule has 0 radical (unpaired) electrons. The molecule has 138 valence electrons. The first-order valence-electron chi connectivity index (χ1n) is 7.39. The van der Waals surface area contributed by atoms with Gasteiger partial charge < -0.3 is 10.6 Å². The maximum Gasteiger partial charge on any atom is 0.242 e. The SMILES string of the molecule is CC1CCNCC1NC(=O)CCNS(=O)(=O)c1cccnc1.Cl.Cl. The van der Waals surface area contributed by atoms with E-state index in [0.29, 0.717) is 5.92 Å². The summed E-state index contributed by atoms with van der Waals surface area (Å²) >= 11 is 0. The highest BCUT2D eigenvalue weighted by Gasteiger charge is 2.22. The van der Waals surface area contributed by atoms with Crippen molar-refractivity contribution in [2.75, 3.05) is 19.6 Å². The van der Waals surface area contributed by atoms with Crippen molar-refractivity contribution in [1.29, 1.82) is 0 Å². The van der Waals surface area contributed by atoms with Gasteiger partial charge in [0.1, 0.15) is 4.90 Å². The predicted molar refractivity (Wildman–Crippen MR) is 97.1 cm³/mol. The largest absolute Gasteiger partial charge is 0.352 e. The molecule has 2 atom stereocenters. The topological polar surface area (TPSA) is 100 Å². The Balaban J connectivity index is 0.00000264. The van der Waals surface area contributed by atoms with Crippen LogP contribution in [0.1, 0.15) is 19.8 Å². The van der Waals surface area contributed by atoms with E-state index in [1.165, 1.54) is 18.5 Å². The van der Waals surface area contributed by atoms with E-state index in [4.69, 9.17) is 0 Å². The quantitative estimate of drug-likeness (QED) is 0.654. The van der Waals surface area contributed by atoms with Crippen LogP contribution < -0.4 is 15.4 Å². The third-order valence-electron chi connectivity index (χ3n) is 3.76. The van der Waals surface area contributed by atoms with Gasteiger partial charge in [-0.15, -0.1) is 24.8 Å². The number of rotatable bonds is 6. The second-order valence-electron chi connectivity index (χ2n) is 5.48. The number of halogens is 2. The molecule has 10 heteroatoms. The summed E-state index contributed by atoms with van der Waals surface area (Å²) in [5.74, 6) is 0.284. The van der Waals surface area contributed by atoms with Crippen molar-refractivity contribution in [1.82, 2.24) is 20.3 Å². The fourth-order valence-corrected chi connectivity index (χ4v) is 3.35. The molecule has 24 heavy (non-hydrogen) atoms. The highest BCUT2D eigenvalue weighted by molar-refractivity contribution is 7.89. The lowest BCUT2D eigenvalue weighted by molar-refractivity contribution is -0.122. The summed E-state index contributed by atoms with van der Waals surface area (Å²) in [7, 11) is -3.60. The maximum atomic E-state index is 12.0. The molecule has 2 heterocycles. The van der Waals surface area contributed by atoms with E-state index >= 15 is 0 Å². The monoisotopic (exact) mass is 398 g/mol. The first-order chi connectivity index (χ1) is 10.5. The number of aromatic nitrogens is 1. The van der Waals surface area contributed by atoms with Crippen LogP contribution in [-0.4, -0.2) is 45.0 Å². The molecule has 1 amide bonds. The fourth-order valence-electron chi connectivity index (χ4n) is 2.35. The number of carbonyl (C=O) groups is 1. The number of pyridine rings is 1. The van der Waals surface area contributed by atoms with Crippen molar-refractivity contribution in [3.05, 3.63) is 24.5 Å². The minimum Gasteiger partial charge on any atom is -0.352 e. The summed E-state index contributed by atoms with van der Waals surface area (Å²) in [4.78, 5) is 15.8. The Morgan fingerprint density at radius 1 is 1.42 bits per heavy atom.